The lowest BCUT2D eigenvalue weighted by molar-refractivity contribution is -0.155. The van der Waals surface area contributed by atoms with Crippen molar-refractivity contribution in [2.45, 2.75) is 115 Å². The maximum atomic E-state index is 2.64. The minimum Gasteiger partial charge on any atom is -0.308 e. The standard InChI is InChI=1S/C54H61NS/c1-3-16-37-35(14-1)36-15-2-4-17-38(36)48-31-50-41-25-24-33(29-46(41)39-18-5-6-19-40(39)49(50)30-47(37)48)32-12-11-13-34(28-32)55-51-22-9-7-20-42(51)44-26-27-45-43-21-8-10-23-52(43)56-54(45)53(44)55/h7-13,20-23,26-28,33,35-41,46-50H,1-6,14-19,24-25,29-31H2. The first-order valence-corrected chi connectivity index (χ1v) is 24.5. The summed E-state index contributed by atoms with van der Waals surface area (Å²) in [6.45, 7) is 0. The molecule has 2 heteroatoms. The average molecular weight is 756 g/mol. The van der Waals surface area contributed by atoms with E-state index in [-0.39, 0.29) is 0 Å². The number of aromatic nitrogens is 1. The van der Waals surface area contributed by atoms with E-state index in [0.717, 1.165) is 71.0 Å². The Morgan fingerprint density at radius 3 is 1.61 bits per heavy atom. The minimum absolute atomic E-state index is 0.699. The summed E-state index contributed by atoms with van der Waals surface area (Å²) in [5.74, 6) is 13.4. The molecule has 13 unspecified atom stereocenters. The number of nitrogens with zero attached hydrogens (tertiary/aromatic N) is 1. The number of para-hydroxylation sites is 1. The largest absolute Gasteiger partial charge is 0.308 e. The lowest BCUT2D eigenvalue weighted by atomic mass is 9.40. The monoisotopic (exact) mass is 755 g/mol. The number of fused-ring (bicyclic) bond motifs is 19. The lowest BCUT2D eigenvalue weighted by Crippen LogP contribution is -2.57. The van der Waals surface area contributed by atoms with Crippen molar-refractivity contribution in [1.29, 1.82) is 0 Å². The van der Waals surface area contributed by atoms with E-state index in [9.17, 15) is 0 Å². The minimum atomic E-state index is 0.699. The van der Waals surface area contributed by atoms with E-state index in [0.29, 0.717) is 5.92 Å². The van der Waals surface area contributed by atoms with E-state index in [1.807, 2.05) is 11.3 Å². The smallest absolute Gasteiger partial charge is 0.0719 e. The van der Waals surface area contributed by atoms with Gasteiger partial charge in [-0.05, 0) is 177 Å². The van der Waals surface area contributed by atoms with Crippen molar-refractivity contribution in [1.82, 2.24) is 4.57 Å². The number of hydrogen-bond donors (Lipinski definition) is 0. The second kappa shape index (κ2) is 13.2. The highest BCUT2D eigenvalue weighted by molar-refractivity contribution is 7.26. The van der Waals surface area contributed by atoms with E-state index in [4.69, 9.17) is 0 Å². The number of hydrogen-bond acceptors (Lipinski definition) is 1. The van der Waals surface area contributed by atoms with Crippen molar-refractivity contribution in [3.8, 4) is 5.69 Å². The number of benzene rings is 4. The molecule has 7 aliphatic rings. The maximum absolute atomic E-state index is 2.64. The van der Waals surface area contributed by atoms with Crippen molar-refractivity contribution in [2.24, 2.45) is 71.0 Å². The second-order valence-electron chi connectivity index (χ2n) is 20.7. The van der Waals surface area contributed by atoms with Gasteiger partial charge < -0.3 is 4.57 Å². The topological polar surface area (TPSA) is 4.93 Å². The molecule has 7 saturated carbocycles. The van der Waals surface area contributed by atoms with E-state index < -0.39 is 0 Å². The summed E-state index contributed by atoms with van der Waals surface area (Å²) in [5.41, 5.74) is 5.72. The van der Waals surface area contributed by atoms with Gasteiger partial charge in [-0.3, -0.25) is 0 Å². The van der Waals surface area contributed by atoms with Crippen LogP contribution in [0.2, 0.25) is 0 Å². The van der Waals surface area contributed by atoms with Crippen LogP contribution in [0.1, 0.15) is 121 Å². The second-order valence-corrected chi connectivity index (χ2v) is 21.7. The van der Waals surface area contributed by atoms with Crippen molar-refractivity contribution in [3.63, 3.8) is 0 Å². The highest BCUT2D eigenvalue weighted by Crippen LogP contribution is 2.67. The van der Waals surface area contributed by atoms with Crippen LogP contribution in [0, 0.1) is 71.0 Å². The maximum Gasteiger partial charge on any atom is 0.0719 e. The fraction of sp³-hybridized carbons (Fsp3) is 0.556. The molecule has 0 aliphatic heterocycles. The molecule has 2 heterocycles. The Hall–Kier alpha value is -3.10. The Morgan fingerprint density at radius 2 is 0.946 bits per heavy atom. The molecule has 56 heavy (non-hydrogen) atoms. The third kappa shape index (κ3) is 4.96. The van der Waals surface area contributed by atoms with Crippen molar-refractivity contribution in [3.05, 3.63) is 90.5 Å². The summed E-state index contributed by atoms with van der Waals surface area (Å²) in [5, 5.41) is 5.55. The van der Waals surface area contributed by atoms with Crippen LogP contribution in [0.5, 0.6) is 0 Å². The first-order valence-electron chi connectivity index (χ1n) is 23.7. The van der Waals surface area contributed by atoms with Gasteiger partial charge >= 0.3 is 0 Å². The fourth-order valence-electron chi connectivity index (χ4n) is 17.0. The van der Waals surface area contributed by atoms with Crippen LogP contribution in [-0.4, -0.2) is 4.57 Å². The van der Waals surface area contributed by atoms with E-state index in [2.05, 4.69) is 89.5 Å². The Morgan fingerprint density at radius 1 is 0.411 bits per heavy atom. The van der Waals surface area contributed by atoms with Crippen LogP contribution in [-0.2, 0) is 0 Å². The molecule has 0 spiro atoms. The molecule has 13 rings (SSSR count). The van der Waals surface area contributed by atoms with Gasteiger partial charge in [-0.1, -0.05) is 99.2 Å². The quantitative estimate of drug-likeness (QED) is 0.166. The third-order valence-corrected chi connectivity index (χ3v) is 20.0. The molecule has 0 saturated heterocycles. The predicted molar refractivity (Wildman–Crippen MR) is 237 cm³/mol. The van der Waals surface area contributed by atoms with Crippen molar-refractivity contribution >= 4 is 53.3 Å². The summed E-state index contributed by atoms with van der Waals surface area (Å²) >= 11 is 1.98. The zero-order chi connectivity index (χ0) is 36.5. The summed E-state index contributed by atoms with van der Waals surface area (Å²) in [6.07, 6.45) is 26.3. The number of thiophene rings is 1. The zero-order valence-corrected chi connectivity index (χ0v) is 34.3. The first kappa shape index (κ1) is 33.8. The summed E-state index contributed by atoms with van der Waals surface area (Å²) in [7, 11) is 0. The zero-order valence-electron chi connectivity index (χ0n) is 33.5. The van der Waals surface area contributed by atoms with Crippen molar-refractivity contribution < 1.29 is 0 Å². The molecular weight excluding hydrogens is 695 g/mol. The van der Waals surface area contributed by atoms with Gasteiger partial charge in [-0.15, -0.1) is 11.3 Å². The van der Waals surface area contributed by atoms with Gasteiger partial charge in [0.15, 0.2) is 0 Å². The van der Waals surface area contributed by atoms with Gasteiger partial charge in [-0.2, -0.15) is 0 Å². The normalized spacial score (nSPS) is 38.0. The van der Waals surface area contributed by atoms with Crippen LogP contribution < -0.4 is 0 Å². The van der Waals surface area contributed by atoms with Gasteiger partial charge in [0.05, 0.1) is 15.7 Å². The summed E-state index contributed by atoms with van der Waals surface area (Å²) in [6, 6.07) is 33.0. The van der Waals surface area contributed by atoms with Crippen LogP contribution in [0.3, 0.4) is 0 Å². The van der Waals surface area contributed by atoms with E-state index >= 15 is 0 Å². The van der Waals surface area contributed by atoms with Gasteiger partial charge in [0.1, 0.15) is 0 Å². The fourth-order valence-corrected chi connectivity index (χ4v) is 18.3. The van der Waals surface area contributed by atoms with Gasteiger partial charge in [0, 0.05) is 31.9 Å². The Bertz CT molecular complexity index is 2450. The predicted octanol–water partition coefficient (Wildman–Crippen LogP) is 15.4. The van der Waals surface area contributed by atoms with Gasteiger partial charge in [0.25, 0.3) is 0 Å². The van der Waals surface area contributed by atoms with E-state index in [1.165, 1.54) is 92.6 Å². The molecule has 13 atom stereocenters. The molecule has 0 radical (unpaired) electrons. The van der Waals surface area contributed by atoms with Gasteiger partial charge in [0.2, 0.25) is 0 Å². The van der Waals surface area contributed by atoms with E-state index in [1.54, 1.807) is 69.8 Å². The molecule has 4 aromatic carbocycles. The summed E-state index contributed by atoms with van der Waals surface area (Å²) < 4.78 is 5.46. The molecule has 6 aromatic rings. The Balaban J connectivity index is 0.856. The molecule has 7 aliphatic carbocycles. The molecule has 7 fully saturated rings. The van der Waals surface area contributed by atoms with Gasteiger partial charge in [-0.25, -0.2) is 0 Å². The molecule has 2 aromatic heterocycles. The highest BCUT2D eigenvalue weighted by atomic mass is 32.1. The van der Waals surface area contributed by atoms with Crippen molar-refractivity contribution in [2.75, 3.05) is 0 Å². The lowest BCUT2D eigenvalue weighted by Gasteiger charge is -2.65. The molecule has 0 bridgehead atoms. The summed E-state index contributed by atoms with van der Waals surface area (Å²) in [4.78, 5) is 0. The third-order valence-electron chi connectivity index (χ3n) is 18.8. The molecule has 0 amide bonds. The van der Waals surface area contributed by atoms with Crippen LogP contribution in [0.25, 0.3) is 47.7 Å². The highest BCUT2D eigenvalue weighted by Gasteiger charge is 2.59. The van der Waals surface area contributed by atoms with Crippen LogP contribution in [0.4, 0.5) is 0 Å². The molecule has 288 valence electrons. The van der Waals surface area contributed by atoms with Crippen LogP contribution >= 0.6 is 11.3 Å². The average Bonchev–Trinajstić information content (AvgIpc) is 3.82. The first-order chi connectivity index (χ1) is 27.8. The van der Waals surface area contributed by atoms with Crippen LogP contribution in [0.15, 0.2) is 84.9 Å². The molecule has 0 N–H and O–H groups in total. The molecular formula is C54H61NS. The Labute approximate surface area is 338 Å². The Kier molecular flexibility index (Phi) is 7.98. The molecule has 1 nitrogen and oxygen atoms in total. The number of rotatable bonds is 2. The SMILES string of the molecule is c1cc(C2CCC3C(C2)C2CCCCC2C2CC4C5CCCCC5C5CCCCC5C4CC32)cc(-n2c3ccccc3c3ccc4c5ccccc5sc4c32)c1.